The summed E-state index contributed by atoms with van der Waals surface area (Å²) in [5.74, 6) is 0. The molecule has 2 aromatic rings. The zero-order valence-electron chi connectivity index (χ0n) is 9.68. The Balaban J connectivity index is 2.22. The molecule has 1 aromatic carbocycles. The lowest BCUT2D eigenvalue weighted by Crippen LogP contribution is -2.23. The van der Waals surface area contributed by atoms with Crippen LogP contribution in [0, 0.1) is 0 Å². The average Bonchev–Trinajstić information content (AvgIpc) is 2.41. The standard InChI is InChI=1S/C12H10Cl2N2O2S/c13-10-4-1-5-11(12(10)14)19(17,18)16-8-9-3-2-6-15-7-9/h1-7,16H,8H2. The maximum atomic E-state index is 12.1. The molecular weight excluding hydrogens is 307 g/mol. The third kappa shape index (κ3) is 3.45. The van der Waals surface area contributed by atoms with E-state index in [1.807, 2.05) is 0 Å². The molecule has 0 aliphatic carbocycles. The fraction of sp³-hybridized carbons (Fsp3) is 0.0833. The van der Waals surface area contributed by atoms with Crippen LogP contribution in [0.5, 0.6) is 0 Å². The summed E-state index contributed by atoms with van der Waals surface area (Å²) in [6.45, 7) is 0.138. The maximum Gasteiger partial charge on any atom is 0.242 e. The highest BCUT2D eigenvalue weighted by Gasteiger charge is 2.18. The molecule has 0 atom stereocenters. The van der Waals surface area contributed by atoms with Crippen molar-refractivity contribution >= 4 is 33.2 Å². The van der Waals surface area contributed by atoms with E-state index < -0.39 is 10.0 Å². The van der Waals surface area contributed by atoms with Crippen molar-refractivity contribution in [2.24, 2.45) is 0 Å². The number of hydrogen-bond acceptors (Lipinski definition) is 3. The number of aromatic nitrogens is 1. The molecule has 0 spiro atoms. The van der Waals surface area contributed by atoms with E-state index in [4.69, 9.17) is 23.2 Å². The minimum Gasteiger partial charge on any atom is -0.264 e. The molecule has 0 radical (unpaired) electrons. The number of nitrogens with one attached hydrogen (secondary N) is 1. The molecule has 19 heavy (non-hydrogen) atoms. The first kappa shape index (κ1) is 14.3. The van der Waals surface area contributed by atoms with E-state index >= 15 is 0 Å². The summed E-state index contributed by atoms with van der Waals surface area (Å²) in [6, 6.07) is 7.97. The van der Waals surface area contributed by atoms with E-state index in [0.717, 1.165) is 5.56 Å². The van der Waals surface area contributed by atoms with Gasteiger partial charge in [-0.15, -0.1) is 0 Å². The summed E-state index contributed by atoms with van der Waals surface area (Å²) in [5.41, 5.74) is 0.754. The zero-order valence-corrected chi connectivity index (χ0v) is 12.0. The maximum absolute atomic E-state index is 12.1. The van der Waals surface area contributed by atoms with Crippen molar-refractivity contribution in [3.8, 4) is 0 Å². The average molecular weight is 317 g/mol. The first-order chi connectivity index (χ1) is 9.00. The first-order valence-corrected chi connectivity index (χ1v) is 7.57. The van der Waals surface area contributed by atoms with Gasteiger partial charge in [0.05, 0.1) is 10.0 Å². The molecule has 1 N–H and O–H groups in total. The van der Waals surface area contributed by atoms with Crippen LogP contribution in [-0.4, -0.2) is 13.4 Å². The molecule has 1 aromatic heterocycles. The van der Waals surface area contributed by atoms with Gasteiger partial charge < -0.3 is 0 Å². The molecule has 0 saturated heterocycles. The monoisotopic (exact) mass is 316 g/mol. The SMILES string of the molecule is O=S(=O)(NCc1cccnc1)c1cccc(Cl)c1Cl. The van der Waals surface area contributed by atoms with E-state index in [2.05, 4.69) is 9.71 Å². The van der Waals surface area contributed by atoms with Gasteiger partial charge >= 0.3 is 0 Å². The highest BCUT2D eigenvalue weighted by molar-refractivity contribution is 7.89. The van der Waals surface area contributed by atoms with Crippen molar-refractivity contribution in [3.63, 3.8) is 0 Å². The van der Waals surface area contributed by atoms with Crippen LogP contribution in [-0.2, 0) is 16.6 Å². The van der Waals surface area contributed by atoms with E-state index in [-0.39, 0.29) is 21.5 Å². The van der Waals surface area contributed by atoms with Crippen LogP contribution in [0.15, 0.2) is 47.6 Å². The smallest absolute Gasteiger partial charge is 0.242 e. The summed E-state index contributed by atoms with van der Waals surface area (Å²) in [6.07, 6.45) is 3.20. The Kier molecular flexibility index (Phi) is 4.42. The van der Waals surface area contributed by atoms with Crippen molar-refractivity contribution in [2.45, 2.75) is 11.4 Å². The lowest BCUT2D eigenvalue weighted by Gasteiger charge is -2.08. The second kappa shape index (κ2) is 5.88. The summed E-state index contributed by atoms with van der Waals surface area (Å²) in [4.78, 5) is 3.87. The van der Waals surface area contributed by atoms with Crippen LogP contribution in [0.3, 0.4) is 0 Å². The van der Waals surface area contributed by atoms with Crippen LogP contribution in [0.4, 0.5) is 0 Å². The molecule has 1 heterocycles. The zero-order chi connectivity index (χ0) is 13.9. The molecule has 0 fully saturated rings. The molecule has 0 bridgehead atoms. The summed E-state index contributed by atoms with van der Waals surface area (Å²) >= 11 is 11.7. The van der Waals surface area contributed by atoms with Crippen LogP contribution in [0.2, 0.25) is 10.0 Å². The van der Waals surface area contributed by atoms with Crippen molar-refractivity contribution in [1.82, 2.24) is 9.71 Å². The fourth-order valence-corrected chi connectivity index (χ4v) is 3.23. The molecule has 2 rings (SSSR count). The normalized spacial score (nSPS) is 11.5. The highest BCUT2D eigenvalue weighted by Crippen LogP contribution is 2.28. The predicted molar refractivity (Wildman–Crippen MR) is 74.7 cm³/mol. The largest absolute Gasteiger partial charge is 0.264 e. The molecule has 0 aliphatic rings. The van der Waals surface area contributed by atoms with Gasteiger partial charge in [0.25, 0.3) is 0 Å². The van der Waals surface area contributed by atoms with Crippen molar-refractivity contribution in [2.75, 3.05) is 0 Å². The number of nitrogens with zero attached hydrogens (tertiary/aromatic N) is 1. The molecular formula is C12H10Cl2N2O2S. The molecule has 0 saturated carbocycles. The second-order valence-corrected chi connectivity index (χ2v) is 6.26. The van der Waals surface area contributed by atoms with E-state index in [9.17, 15) is 8.42 Å². The van der Waals surface area contributed by atoms with Gasteiger partial charge in [-0.25, -0.2) is 13.1 Å². The van der Waals surface area contributed by atoms with E-state index in [1.165, 1.54) is 18.2 Å². The Hall–Kier alpha value is -1.14. The van der Waals surface area contributed by atoms with Crippen molar-refractivity contribution in [1.29, 1.82) is 0 Å². The third-order valence-corrected chi connectivity index (χ3v) is 4.77. The van der Waals surface area contributed by atoms with E-state index in [0.29, 0.717) is 0 Å². The lowest BCUT2D eigenvalue weighted by molar-refractivity contribution is 0.581. The van der Waals surface area contributed by atoms with Gasteiger partial charge in [-0.05, 0) is 23.8 Å². The van der Waals surface area contributed by atoms with Gasteiger partial charge in [0.15, 0.2) is 0 Å². The minimum atomic E-state index is -3.71. The summed E-state index contributed by atoms with van der Waals surface area (Å²) in [7, 11) is -3.71. The van der Waals surface area contributed by atoms with Crippen LogP contribution in [0.25, 0.3) is 0 Å². The number of benzene rings is 1. The Morgan fingerprint density at radius 2 is 1.95 bits per heavy atom. The number of pyridine rings is 1. The Morgan fingerprint density at radius 1 is 1.16 bits per heavy atom. The van der Waals surface area contributed by atoms with Crippen molar-refractivity contribution in [3.05, 3.63) is 58.3 Å². The van der Waals surface area contributed by atoms with Gasteiger partial charge in [-0.3, -0.25) is 4.98 Å². The Morgan fingerprint density at radius 3 is 2.63 bits per heavy atom. The number of hydrogen-bond donors (Lipinski definition) is 1. The Bertz CT molecular complexity index is 675. The number of halogens is 2. The number of rotatable bonds is 4. The second-order valence-electron chi connectivity index (χ2n) is 3.74. The molecule has 4 nitrogen and oxygen atoms in total. The topological polar surface area (TPSA) is 59.1 Å². The lowest BCUT2D eigenvalue weighted by atomic mass is 10.3. The molecule has 0 aliphatic heterocycles. The van der Waals surface area contributed by atoms with Gasteiger partial charge in [0, 0.05) is 18.9 Å². The number of sulfonamides is 1. The van der Waals surface area contributed by atoms with Gasteiger partial charge in [0.2, 0.25) is 10.0 Å². The molecule has 0 amide bonds. The van der Waals surface area contributed by atoms with Gasteiger partial charge in [-0.1, -0.05) is 35.3 Å². The van der Waals surface area contributed by atoms with Crippen LogP contribution in [0.1, 0.15) is 5.56 Å². The van der Waals surface area contributed by atoms with Crippen LogP contribution >= 0.6 is 23.2 Å². The summed E-state index contributed by atoms with van der Waals surface area (Å²) in [5, 5.41) is 0.216. The molecule has 100 valence electrons. The Labute approximate surface area is 121 Å². The quantitative estimate of drug-likeness (QED) is 0.943. The highest BCUT2D eigenvalue weighted by atomic mass is 35.5. The third-order valence-electron chi connectivity index (χ3n) is 2.39. The molecule has 0 unspecified atom stereocenters. The fourth-order valence-electron chi connectivity index (χ4n) is 1.45. The van der Waals surface area contributed by atoms with Gasteiger partial charge in [-0.2, -0.15) is 0 Å². The summed E-state index contributed by atoms with van der Waals surface area (Å²) < 4.78 is 26.7. The first-order valence-electron chi connectivity index (χ1n) is 5.33. The van der Waals surface area contributed by atoms with Gasteiger partial charge in [0.1, 0.15) is 4.90 Å². The van der Waals surface area contributed by atoms with Crippen LogP contribution < -0.4 is 4.72 Å². The minimum absolute atomic E-state index is 0.0165. The predicted octanol–water partition coefficient (Wildman–Crippen LogP) is 2.87. The molecule has 7 heteroatoms. The van der Waals surface area contributed by atoms with E-state index in [1.54, 1.807) is 24.5 Å². The van der Waals surface area contributed by atoms with Crippen molar-refractivity contribution < 1.29 is 8.42 Å².